The Bertz CT molecular complexity index is 423. The molecule has 0 unspecified atom stereocenters. The molecule has 0 saturated heterocycles. The summed E-state index contributed by atoms with van der Waals surface area (Å²) in [5.74, 6) is 0. The van der Waals surface area contributed by atoms with Crippen molar-refractivity contribution >= 4 is 44.7 Å². The molecule has 1 aromatic heterocycles. The molecule has 1 rings (SSSR count). The predicted octanol–water partition coefficient (Wildman–Crippen LogP) is 3.38. The highest BCUT2D eigenvalue weighted by atomic mass is 79.9. The largest absolute Gasteiger partial charge is 0.235 e. The molecule has 0 aliphatic heterocycles. The minimum absolute atomic E-state index is 0.369. The second kappa shape index (κ2) is 5.38. The highest BCUT2D eigenvalue weighted by Gasteiger charge is 2.18. The molecule has 0 aliphatic carbocycles. The Labute approximate surface area is 111 Å². The van der Waals surface area contributed by atoms with Gasteiger partial charge in [0.25, 0.3) is 0 Å². The smallest absolute Gasteiger partial charge is 0.144 e. The lowest BCUT2D eigenvalue weighted by Crippen LogP contribution is -2.19. The summed E-state index contributed by atoms with van der Waals surface area (Å²) in [5, 5.41) is 0.373. The van der Waals surface area contributed by atoms with Gasteiger partial charge < -0.3 is 0 Å². The van der Waals surface area contributed by atoms with Gasteiger partial charge in [0.1, 0.15) is 16.1 Å². The summed E-state index contributed by atoms with van der Waals surface area (Å²) < 4.78 is 16.0. The Morgan fingerprint density at radius 3 is 2.62 bits per heavy atom. The number of hydrogen-bond acceptors (Lipinski definition) is 2. The number of aromatic nitrogens is 1. The minimum Gasteiger partial charge on any atom is -0.235 e. The molecule has 0 radical (unpaired) electrons. The molecule has 0 amide bonds. The molecular formula is C10H12BrClN2OS. The minimum atomic E-state index is -1.28. The van der Waals surface area contributed by atoms with E-state index >= 15 is 0 Å². The van der Waals surface area contributed by atoms with Crippen molar-refractivity contribution in [1.29, 1.82) is 0 Å². The van der Waals surface area contributed by atoms with E-state index in [0.717, 1.165) is 4.47 Å². The molecular weight excluding hydrogens is 312 g/mol. The molecule has 0 fully saturated rings. The molecule has 1 heterocycles. The average Bonchev–Trinajstić information content (AvgIpc) is 2.11. The first-order chi connectivity index (χ1) is 7.29. The molecule has 0 spiro atoms. The lowest BCUT2D eigenvalue weighted by atomic mass is 10.3. The molecule has 0 aliphatic rings. The first-order valence-corrected chi connectivity index (χ1v) is 6.86. The van der Waals surface area contributed by atoms with Crippen LogP contribution in [0.4, 0.5) is 0 Å². The summed E-state index contributed by atoms with van der Waals surface area (Å²) in [6, 6.07) is 3.44. The van der Waals surface area contributed by atoms with Crippen molar-refractivity contribution in [2.45, 2.75) is 25.5 Å². The van der Waals surface area contributed by atoms with Gasteiger partial charge in [0, 0.05) is 4.47 Å². The lowest BCUT2D eigenvalue weighted by molar-refractivity contribution is 0.651. The molecule has 3 nitrogen and oxygen atoms in total. The molecule has 1 atom stereocenters. The van der Waals surface area contributed by atoms with Crippen LogP contribution in [0.3, 0.4) is 0 Å². The van der Waals surface area contributed by atoms with Crippen molar-refractivity contribution in [1.82, 2.24) is 4.98 Å². The maximum atomic E-state index is 11.6. The Morgan fingerprint density at radius 1 is 1.50 bits per heavy atom. The van der Waals surface area contributed by atoms with Crippen molar-refractivity contribution in [2.75, 3.05) is 0 Å². The van der Waals surface area contributed by atoms with Crippen LogP contribution in [0.15, 0.2) is 21.0 Å². The third kappa shape index (κ3) is 4.31. The summed E-state index contributed by atoms with van der Waals surface area (Å²) in [6.07, 6.45) is 1.47. The normalized spacial score (nSPS) is 14.3. The van der Waals surface area contributed by atoms with Crippen LogP contribution in [-0.2, 0) is 11.0 Å². The van der Waals surface area contributed by atoms with Crippen LogP contribution in [0.25, 0.3) is 0 Å². The van der Waals surface area contributed by atoms with E-state index in [1.807, 2.05) is 20.8 Å². The van der Waals surface area contributed by atoms with Crippen LogP contribution in [0, 0.1) is 0 Å². The van der Waals surface area contributed by atoms with E-state index in [9.17, 15) is 4.21 Å². The number of hydrogen-bond donors (Lipinski definition) is 0. The van der Waals surface area contributed by atoms with Gasteiger partial charge in [-0.2, -0.15) is 4.40 Å². The van der Waals surface area contributed by atoms with Crippen LogP contribution < -0.4 is 0 Å². The van der Waals surface area contributed by atoms with Crippen LogP contribution in [0.1, 0.15) is 26.5 Å². The Morgan fingerprint density at radius 2 is 2.12 bits per heavy atom. The molecule has 0 saturated carbocycles. The van der Waals surface area contributed by atoms with Crippen molar-refractivity contribution in [2.24, 2.45) is 4.40 Å². The molecule has 6 heteroatoms. The van der Waals surface area contributed by atoms with E-state index < -0.39 is 11.0 Å². The van der Waals surface area contributed by atoms with Gasteiger partial charge in [-0.3, -0.25) is 0 Å². The fourth-order valence-electron chi connectivity index (χ4n) is 0.811. The van der Waals surface area contributed by atoms with Gasteiger partial charge in [-0.25, -0.2) is 9.19 Å². The summed E-state index contributed by atoms with van der Waals surface area (Å²) in [6.45, 7) is 5.59. The van der Waals surface area contributed by atoms with Crippen LogP contribution in [0.2, 0.25) is 5.15 Å². The third-order valence-electron chi connectivity index (χ3n) is 1.58. The van der Waals surface area contributed by atoms with Crippen molar-refractivity contribution < 1.29 is 4.21 Å². The fraction of sp³-hybridized carbons (Fsp3) is 0.400. The topological polar surface area (TPSA) is 42.3 Å². The van der Waals surface area contributed by atoms with Gasteiger partial charge in [0.05, 0.1) is 16.7 Å². The van der Waals surface area contributed by atoms with Gasteiger partial charge >= 0.3 is 0 Å². The maximum absolute atomic E-state index is 11.6. The fourth-order valence-corrected chi connectivity index (χ4v) is 2.13. The van der Waals surface area contributed by atoms with Crippen molar-refractivity contribution in [3.63, 3.8) is 0 Å². The first kappa shape index (κ1) is 13.8. The molecule has 0 N–H and O–H groups in total. The third-order valence-corrected chi connectivity index (χ3v) is 3.58. The Balaban J connectivity index is 2.89. The van der Waals surface area contributed by atoms with E-state index in [2.05, 4.69) is 25.3 Å². The second-order valence-electron chi connectivity index (χ2n) is 4.13. The molecule has 0 aromatic carbocycles. The maximum Gasteiger partial charge on any atom is 0.144 e. The van der Waals surface area contributed by atoms with Gasteiger partial charge in [-0.15, -0.1) is 0 Å². The predicted molar refractivity (Wildman–Crippen MR) is 72.4 cm³/mol. The number of nitrogens with zero attached hydrogens (tertiary/aromatic N) is 2. The van der Waals surface area contributed by atoms with E-state index in [1.54, 1.807) is 12.1 Å². The number of rotatable bonds is 2. The highest BCUT2D eigenvalue weighted by molar-refractivity contribution is 9.10. The van der Waals surface area contributed by atoms with E-state index in [0.29, 0.717) is 10.8 Å². The number of halogens is 2. The second-order valence-corrected chi connectivity index (χ2v) is 7.37. The van der Waals surface area contributed by atoms with Gasteiger partial charge in [0.2, 0.25) is 0 Å². The SMILES string of the molecule is CC(C)(C)[S@@](=O)/N=C/c1cc(Br)cc(Cl)n1. The Kier molecular flexibility index (Phi) is 4.64. The quantitative estimate of drug-likeness (QED) is 0.618. The van der Waals surface area contributed by atoms with Crippen LogP contribution in [0.5, 0.6) is 0 Å². The molecule has 1 aromatic rings. The average molecular weight is 324 g/mol. The molecule has 0 bridgehead atoms. The summed E-state index contributed by atoms with van der Waals surface area (Å²) in [4.78, 5) is 4.04. The summed E-state index contributed by atoms with van der Waals surface area (Å²) in [5.41, 5.74) is 0.581. The monoisotopic (exact) mass is 322 g/mol. The van der Waals surface area contributed by atoms with E-state index in [1.165, 1.54) is 6.21 Å². The van der Waals surface area contributed by atoms with Gasteiger partial charge in [-0.05, 0) is 32.9 Å². The van der Waals surface area contributed by atoms with Crippen molar-refractivity contribution in [3.05, 3.63) is 27.5 Å². The van der Waals surface area contributed by atoms with Gasteiger partial charge in [-0.1, -0.05) is 27.5 Å². The molecule has 88 valence electrons. The standard InChI is InChI=1S/C10H12BrClN2OS/c1-10(2,3)16(15)13-6-8-4-7(11)5-9(12)14-8/h4-6H,1-3H3/b13-6+/t16-/m1/s1. The first-order valence-electron chi connectivity index (χ1n) is 4.58. The van der Waals surface area contributed by atoms with Crippen LogP contribution in [-0.4, -0.2) is 20.2 Å². The number of pyridine rings is 1. The highest BCUT2D eigenvalue weighted by Crippen LogP contribution is 2.16. The van der Waals surface area contributed by atoms with Crippen LogP contribution >= 0.6 is 27.5 Å². The van der Waals surface area contributed by atoms with Crippen molar-refractivity contribution in [3.8, 4) is 0 Å². The summed E-state index contributed by atoms with van der Waals surface area (Å²) >= 11 is 9.07. The zero-order valence-electron chi connectivity index (χ0n) is 9.20. The zero-order chi connectivity index (χ0) is 12.3. The van der Waals surface area contributed by atoms with Gasteiger partial charge in [0.15, 0.2) is 0 Å². The molecule has 16 heavy (non-hydrogen) atoms. The summed E-state index contributed by atoms with van der Waals surface area (Å²) in [7, 11) is -1.28. The zero-order valence-corrected chi connectivity index (χ0v) is 12.4. The lowest BCUT2D eigenvalue weighted by Gasteiger charge is -2.12. The van der Waals surface area contributed by atoms with E-state index in [4.69, 9.17) is 11.6 Å². The Hall–Kier alpha value is -0.260. The van der Waals surface area contributed by atoms with E-state index in [-0.39, 0.29) is 4.75 Å².